The van der Waals surface area contributed by atoms with Crippen molar-refractivity contribution < 1.29 is 24.2 Å². The number of amides is 1. The molecule has 0 aromatic heterocycles. The van der Waals surface area contributed by atoms with Crippen molar-refractivity contribution in [2.24, 2.45) is 11.8 Å². The summed E-state index contributed by atoms with van der Waals surface area (Å²) < 4.78 is 4.59. The van der Waals surface area contributed by atoms with Crippen LogP contribution in [0.1, 0.15) is 33.1 Å². The van der Waals surface area contributed by atoms with Crippen LogP contribution in [0.25, 0.3) is 0 Å². The molecule has 2 N–H and O–H groups in total. The molecule has 18 heavy (non-hydrogen) atoms. The first kappa shape index (κ1) is 14.5. The lowest BCUT2D eigenvalue weighted by atomic mass is 10.0. The van der Waals surface area contributed by atoms with Crippen LogP contribution in [0.2, 0.25) is 0 Å². The molecule has 0 heterocycles. The maximum absolute atomic E-state index is 11.9. The van der Waals surface area contributed by atoms with Crippen molar-refractivity contribution in [1.82, 2.24) is 5.32 Å². The van der Waals surface area contributed by atoms with Gasteiger partial charge in [-0.2, -0.15) is 0 Å². The summed E-state index contributed by atoms with van der Waals surface area (Å²) in [4.78, 5) is 34.2. The van der Waals surface area contributed by atoms with Crippen LogP contribution in [-0.2, 0) is 19.1 Å². The number of hydrogen-bond donors (Lipinski definition) is 2. The molecule has 1 fully saturated rings. The zero-order chi connectivity index (χ0) is 13.9. The lowest BCUT2D eigenvalue weighted by molar-refractivity contribution is -0.150. The van der Waals surface area contributed by atoms with Gasteiger partial charge >= 0.3 is 11.9 Å². The fourth-order valence-corrected chi connectivity index (χ4v) is 2.16. The van der Waals surface area contributed by atoms with E-state index < -0.39 is 23.4 Å². The highest BCUT2D eigenvalue weighted by Gasteiger charge is 2.37. The molecule has 0 aliphatic heterocycles. The van der Waals surface area contributed by atoms with Gasteiger partial charge in [-0.3, -0.25) is 9.59 Å². The molecule has 0 radical (unpaired) electrons. The second-order valence-corrected chi connectivity index (χ2v) is 5.15. The highest BCUT2D eigenvalue weighted by molar-refractivity contribution is 5.88. The highest BCUT2D eigenvalue weighted by Crippen LogP contribution is 2.31. The summed E-state index contributed by atoms with van der Waals surface area (Å²) in [6.45, 7) is 3.11. The summed E-state index contributed by atoms with van der Waals surface area (Å²) in [6, 6.07) is 0. The van der Waals surface area contributed by atoms with Crippen molar-refractivity contribution in [2.45, 2.75) is 38.6 Å². The monoisotopic (exact) mass is 257 g/mol. The largest absolute Gasteiger partial charge is 0.481 e. The molecule has 1 aliphatic carbocycles. The van der Waals surface area contributed by atoms with E-state index in [1.54, 1.807) is 13.8 Å². The fourth-order valence-electron chi connectivity index (χ4n) is 2.16. The minimum atomic E-state index is -1.09. The van der Waals surface area contributed by atoms with Gasteiger partial charge in [0.05, 0.1) is 13.0 Å². The topological polar surface area (TPSA) is 92.7 Å². The molecule has 0 saturated heterocycles. The lowest BCUT2D eigenvalue weighted by Crippen LogP contribution is -2.51. The van der Waals surface area contributed by atoms with Gasteiger partial charge in [0.25, 0.3) is 0 Å². The van der Waals surface area contributed by atoms with Crippen LogP contribution < -0.4 is 5.32 Å². The number of rotatable bonds is 4. The van der Waals surface area contributed by atoms with Crippen molar-refractivity contribution in [3.05, 3.63) is 0 Å². The Kier molecular flexibility index (Phi) is 4.32. The minimum absolute atomic E-state index is 0.283. The summed E-state index contributed by atoms with van der Waals surface area (Å²) in [5.74, 6) is -2.47. The van der Waals surface area contributed by atoms with E-state index in [9.17, 15) is 14.4 Å². The first-order valence-electron chi connectivity index (χ1n) is 5.91. The number of methoxy groups -OCH3 is 1. The van der Waals surface area contributed by atoms with Gasteiger partial charge in [-0.05, 0) is 33.1 Å². The number of carboxylic acids is 1. The molecule has 1 amide bonds. The maximum atomic E-state index is 11.9. The van der Waals surface area contributed by atoms with Gasteiger partial charge in [0.1, 0.15) is 5.54 Å². The molecular weight excluding hydrogens is 238 g/mol. The van der Waals surface area contributed by atoms with E-state index in [1.807, 2.05) is 0 Å². The smallest absolute Gasteiger partial charge is 0.330 e. The number of esters is 1. The number of nitrogens with one attached hydrogen (secondary N) is 1. The van der Waals surface area contributed by atoms with Crippen molar-refractivity contribution >= 4 is 17.8 Å². The van der Waals surface area contributed by atoms with Gasteiger partial charge in [-0.1, -0.05) is 0 Å². The van der Waals surface area contributed by atoms with Crippen LogP contribution in [0.3, 0.4) is 0 Å². The second kappa shape index (κ2) is 5.37. The summed E-state index contributed by atoms with van der Waals surface area (Å²) in [7, 11) is 1.26. The van der Waals surface area contributed by atoms with E-state index >= 15 is 0 Å². The average molecular weight is 257 g/mol. The zero-order valence-electron chi connectivity index (χ0n) is 10.9. The standard InChI is InChI=1S/C12H19NO5/c1-12(2,11(17)18-3)13-9(14)7-4-5-8(6-7)10(15)16/h7-8H,4-6H2,1-3H3,(H,13,14)(H,15,16)/t7-,8+/m1/s1. The Balaban J connectivity index is 2.57. The summed E-state index contributed by atoms with van der Waals surface area (Å²) in [5.41, 5.74) is -1.09. The normalized spacial score (nSPS) is 23.5. The van der Waals surface area contributed by atoms with Gasteiger partial charge < -0.3 is 15.2 Å². The number of hydrogen-bond acceptors (Lipinski definition) is 4. The van der Waals surface area contributed by atoms with Crippen molar-refractivity contribution in [3.63, 3.8) is 0 Å². The number of carboxylic acid groups (broad SMARTS) is 1. The number of aliphatic carboxylic acids is 1. The Bertz CT molecular complexity index is 363. The minimum Gasteiger partial charge on any atom is -0.481 e. The highest BCUT2D eigenvalue weighted by atomic mass is 16.5. The van der Waals surface area contributed by atoms with Crippen LogP contribution in [0.5, 0.6) is 0 Å². The zero-order valence-corrected chi connectivity index (χ0v) is 10.9. The SMILES string of the molecule is COC(=O)C(C)(C)NC(=O)[C@@H]1CC[C@H](C(=O)O)C1. The van der Waals surface area contributed by atoms with Crippen LogP contribution in [0, 0.1) is 11.8 Å². The number of carbonyl (C=O) groups is 3. The van der Waals surface area contributed by atoms with Crippen LogP contribution >= 0.6 is 0 Å². The maximum Gasteiger partial charge on any atom is 0.330 e. The number of ether oxygens (including phenoxy) is 1. The third-order valence-electron chi connectivity index (χ3n) is 3.28. The summed E-state index contributed by atoms with van der Waals surface area (Å²) in [5, 5.41) is 11.5. The van der Waals surface area contributed by atoms with E-state index in [0.29, 0.717) is 19.3 Å². The van der Waals surface area contributed by atoms with Gasteiger partial charge in [-0.15, -0.1) is 0 Å². The van der Waals surface area contributed by atoms with Gasteiger partial charge in [-0.25, -0.2) is 4.79 Å². The molecule has 1 rings (SSSR count). The first-order valence-corrected chi connectivity index (χ1v) is 5.91. The van der Waals surface area contributed by atoms with E-state index in [4.69, 9.17) is 5.11 Å². The Hall–Kier alpha value is -1.59. The Labute approximate surface area is 106 Å². The molecule has 2 atom stereocenters. The summed E-state index contributed by atoms with van der Waals surface area (Å²) >= 11 is 0. The van der Waals surface area contributed by atoms with Crippen LogP contribution in [0.4, 0.5) is 0 Å². The van der Waals surface area contributed by atoms with Crippen LogP contribution in [-0.4, -0.2) is 35.6 Å². The Morgan fingerprint density at radius 1 is 1.22 bits per heavy atom. The Morgan fingerprint density at radius 3 is 2.22 bits per heavy atom. The van der Waals surface area contributed by atoms with Crippen molar-refractivity contribution in [3.8, 4) is 0 Å². The lowest BCUT2D eigenvalue weighted by Gasteiger charge is -2.24. The van der Waals surface area contributed by atoms with Gasteiger partial charge in [0.2, 0.25) is 5.91 Å². The molecule has 6 heteroatoms. The molecule has 6 nitrogen and oxygen atoms in total. The molecule has 102 valence electrons. The third kappa shape index (κ3) is 3.21. The van der Waals surface area contributed by atoms with E-state index in [2.05, 4.69) is 10.1 Å². The molecular formula is C12H19NO5. The predicted molar refractivity (Wildman–Crippen MR) is 62.7 cm³/mol. The average Bonchev–Trinajstić information content (AvgIpc) is 2.76. The van der Waals surface area contributed by atoms with Crippen molar-refractivity contribution in [2.75, 3.05) is 7.11 Å². The van der Waals surface area contributed by atoms with E-state index in [-0.39, 0.29) is 11.8 Å². The third-order valence-corrected chi connectivity index (χ3v) is 3.28. The van der Waals surface area contributed by atoms with Gasteiger partial charge in [0, 0.05) is 5.92 Å². The molecule has 0 unspecified atom stereocenters. The fraction of sp³-hybridized carbons (Fsp3) is 0.750. The first-order chi connectivity index (χ1) is 8.27. The Morgan fingerprint density at radius 2 is 1.78 bits per heavy atom. The van der Waals surface area contributed by atoms with Gasteiger partial charge in [0.15, 0.2) is 0 Å². The molecule has 0 aromatic carbocycles. The van der Waals surface area contributed by atoms with Crippen molar-refractivity contribution in [1.29, 1.82) is 0 Å². The predicted octanol–water partition coefficient (Wildman–Crippen LogP) is 0.555. The van der Waals surface area contributed by atoms with E-state index in [1.165, 1.54) is 7.11 Å². The molecule has 0 aromatic rings. The quantitative estimate of drug-likeness (QED) is 0.718. The van der Waals surface area contributed by atoms with E-state index in [0.717, 1.165) is 0 Å². The number of carbonyl (C=O) groups excluding carboxylic acids is 2. The second-order valence-electron chi connectivity index (χ2n) is 5.15. The molecule has 1 aliphatic rings. The molecule has 0 bridgehead atoms. The summed E-state index contributed by atoms with van der Waals surface area (Å²) in [6.07, 6.45) is 1.38. The molecule has 1 saturated carbocycles. The van der Waals surface area contributed by atoms with Crippen LogP contribution in [0.15, 0.2) is 0 Å². The molecule has 0 spiro atoms.